The second-order valence-corrected chi connectivity index (χ2v) is 6.84. The van der Waals surface area contributed by atoms with E-state index in [1.165, 1.54) is 24.3 Å². The minimum atomic E-state index is -1.00. The van der Waals surface area contributed by atoms with E-state index < -0.39 is 5.97 Å². The largest absolute Gasteiger partial charge is 0.478 e. The van der Waals surface area contributed by atoms with Gasteiger partial charge in [-0.2, -0.15) is 5.10 Å². The molecular weight excluding hydrogens is 385 g/mol. The van der Waals surface area contributed by atoms with Crippen LogP contribution in [0.2, 0.25) is 0 Å². The van der Waals surface area contributed by atoms with E-state index in [9.17, 15) is 14.0 Å². The Hall–Kier alpha value is -4.00. The lowest BCUT2D eigenvalue weighted by Crippen LogP contribution is -2.26. The quantitative estimate of drug-likeness (QED) is 0.512. The van der Waals surface area contributed by atoms with Gasteiger partial charge in [-0.25, -0.2) is 9.18 Å². The van der Waals surface area contributed by atoms with Gasteiger partial charge in [0.05, 0.1) is 17.6 Å². The number of amides is 1. The van der Waals surface area contributed by atoms with Crippen LogP contribution in [0.5, 0.6) is 0 Å². The highest BCUT2D eigenvalue weighted by Gasteiger charge is 2.18. The number of halogens is 1. The highest BCUT2D eigenvalue weighted by atomic mass is 19.1. The molecule has 3 aromatic carbocycles. The van der Waals surface area contributed by atoms with Crippen LogP contribution in [0.3, 0.4) is 0 Å². The third-order valence-electron chi connectivity index (χ3n) is 4.74. The van der Waals surface area contributed by atoms with E-state index in [-0.39, 0.29) is 30.4 Å². The zero-order chi connectivity index (χ0) is 21.1. The molecule has 1 aromatic heterocycles. The highest BCUT2D eigenvalue weighted by Crippen LogP contribution is 2.20. The summed E-state index contributed by atoms with van der Waals surface area (Å²) in [5.74, 6) is -1.67. The average molecular weight is 403 g/mol. The number of hydrogen-bond donors (Lipinski definition) is 2. The summed E-state index contributed by atoms with van der Waals surface area (Å²) in [6.07, 6.45) is 0. The number of hydrogen-bond acceptors (Lipinski definition) is 3. The van der Waals surface area contributed by atoms with E-state index in [0.29, 0.717) is 22.2 Å². The SMILES string of the molecule is O=C(O)c1ccc(CNC(=O)c2c3ccccc3nn2Cc2cccc(F)c2)cc1. The van der Waals surface area contributed by atoms with Crippen molar-refractivity contribution in [3.63, 3.8) is 0 Å². The van der Waals surface area contributed by atoms with Crippen LogP contribution in [0.1, 0.15) is 32.0 Å². The minimum absolute atomic E-state index is 0.184. The molecule has 0 atom stereocenters. The van der Waals surface area contributed by atoms with Gasteiger partial charge in [0, 0.05) is 11.9 Å². The highest BCUT2D eigenvalue weighted by molar-refractivity contribution is 6.05. The van der Waals surface area contributed by atoms with Crippen molar-refractivity contribution in [2.45, 2.75) is 13.1 Å². The number of carbonyl (C=O) groups excluding carboxylic acids is 1. The first-order valence-electron chi connectivity index (χ1n) is 9.32. The number of aromatic carboxylic acids is 1. The molecule has 0 aliphatic rings. The van der Waals surface area contributed by atoms with Crippen molar-refractivity contribution in [3.05, 3.63) is 101 Å². The number of carbonyl (C=O) groups is 2. The third kappa shape index (κ3) is 4.05. The van der Waals surface area contributed by atoms with Gasteiger partial charge in [0.2, 0.25) is 0 Å². The molecule has 0 aliphatic carbocycles. The van der Waals surface area contributed by atoms with Gasteiger partial charge in [0.15, 0.2) is 0 Å². The Balaban J connectivity index is 1.60. The Bertz CT molecular complexity index is 1230. The van der Waals surface area contributed by atoms with Crippen LogP contribution >= 0.6 is 0 Å². The fraction of sp³-hybridized carbons (Fsp3) is 0.0870. The summed E-state index contributed by atoms with van der Waals surface area (Å²) >= 11 is 0. The van der Waals surface area contributed by atoms with Crippen molar-refractivity contribution >= 4 is 22.8 Å². The van der Waals surface area contributed by atoms with Gasteiger partial charge in [0.25, 0.3) is 5.91 Å². The molecule has 150 valence electrons. The molecule has 1 heterocycles. The van der Waals surface area contributed by atoms with E-state index in [1.54, 1.807) is 28.9 Å². The number of nitrogens with zero attached hydrogens (tertiary/aromatic N) is 2. The number of carboxylic acids is 1. The molecular formula is C23H18FN3O3. The van der Waals surface area contributed by atoms with Crippen molar-refractivity contribution in [1.82, 2.24) is 15.1 Å². The van der Waals surface area contributed by atoms with Gasteiger partial charge >= 0.3 is 5.97 Å². The van der Waals surface area contributed by atoms with Crippen molar-refractivity contribution in [3.8, 4) is 0 Å². The molecule has 0 saturated heterocycles. The van der Waals surface area contributed by atoms with E-state index in [1.807, 2.05) is 24.3 Å². The van der Waals surface area contributed by atoms with Crippen LogP contribution < -0.4 is 5.32 Å². The zero-order valence-electron chi connectivity index (χ0n) is 15.9. The van der Waals surface area contributed by atoms with Gasteiger partial charge in [-0.3, -0.25) is 9.48 Å². The molecule has 0 fully saturated rings. The van der Waals surface area contributed by atoms with Crippen molar-refractivity contribution in [2.24, 2.45) is 0 Å². The summed E-state index contributed by atoms with van der Waals surface area (Å²) in [4.78, 5) is 24.0. The zero-order valence-corrected chi connectivity index (χ0v) is 15.9. The summed E-state index contributed by atoms with van der Waals surface area (Å²) in [5, 5.41) is 17.1. The molecule has 4 aromatic rings. The molecule has 0 radical (unpaired) electrons. The Morgan fingerprint density at radius 1 is 0.967 bits per heavy atom. The number of fused-ring (bicyclic) bond motifs is 1. The van der Waals surface area contributed by atoms with Gasteiger partial charge in [-0.1, -0.05) is 42.5 Å². The molecule has 0 spiro atoms. The first-order valence-corrected chi connectivity index (χ1v) is 9.32. The molecule has 0 unspecified atom stereocenters. The standard InChI is InChI=1S/C23H18FN3O3/c24-18-5-3-4-16(12-18)14-27-21(19-6-1-2-7-20(19)26-27)22(28)25-13-15-8-10-17(11-9-15)23(29)30/h1-12H,13-14H2,(H,25,28)(H,29,30). The van der Waals surface area contributed by atoms with Crippen molar-refractivity contribution in [1.29, 1.82) is 0 Å². The van der Waals surface area contributed by atoms with E-state index in [0.717, 1.165) is 5.56 Å². The van der Waals surface area contributed by atoms with Gasteiger partial charge < -0.3 is 10.4 Å². The number of carboxylic acid groups (broad SMARTS) is 1. The van der Waals surface area contributed by atoms with E-state index >= 15 is 0 Å². The van der Waals surface area contributed by atoms with Crippen LogP contribution in [0.25, 0.3) is 10.9 Å². The first kappa shape index (κ1) is 19.3. The molecule has 4 rings (SSSR count). The van der Waals surface area contributed by atoms with Crippen LogP contribution in [0.15, 0.2) is 72.8 Å². The fourth-order valence-electron chi connectivity index (χ4n) is 3.27. The summed E-state index contributed by atoms with van der Waals surface area (Å²) in [7, 11) is 0. The third-order valence-corrected chi connectivity index (χ3v) is 4.74. The number of rotatable bonds is 6. The Labute approximate surface area is 171 Å². The van der Waals surface area contributed by atoms with Gasteiger partial charge in [-0.15, -0.1) is 0 Å². The Morgan fingerprint density at radius 2 is 1.73 bits per heavy atom. The molecule has 0 aliphatic heterocycles. The van der Waals surface area contributed by atoms with Gasteiger partial charge in [-0.05, 0) is 41.5 Å². The summed E-state index contributed by atoms with van der Waals surface area (Å²) in [5.41, 5.74) is 2.71. The topological polar surface area (TPSA) is 84.2 Å². The Morgan fingerprint density at radius 3 is 2.47 bits per heavy atom. The van der Waals surface area contributed by atoms with Crippen LogP contribution in [-0.2, 0) is 13.1 Å². The molecule has 30 heavy (non-hydrogen) atoms. The van der Waals surface area contributed by atoms with Crippen molar-refractivity contribution in [2.75, 3.05) is 0 Å². The normalized spacial score (nSPS) is 10.8. The van der Waals surface area contributed by atoms with E-state index in [2.05, 4.69) is 10.4 Å². The number of benzene rings is 3. The molecule has 0 bridgehead atoms. The lowest BCUT2D eigenvalue weighted by Gasteiger charge is -2.10. The predicted molar refractivity (Wildman–Crippen MR) is 110 cm³/mol. The predicted octanol–water partition coefficient (Wildman–Crippen LogP) is 3.85. The van der Waals surface area contributed by atoms with Crippen LogP contribution in [0.4, 0.5) is 4.39 Å². The average Bonchev–Trinajstić information content (AvgIpc) is 3.10. The summed E-state index contributed by atoms with van der Waals surface area (Å²) in [6, 6.07) is 19.8. The molecule has 7 heteroatoms. The number of nitrogens with one attached hydrogen (secondary N) is 1. The second kappa shape index (κ2) is 8.16. The second-order valence-electron chi connectivity index (χ2n) is 6.84. The van der Waals surface area contributed by atoms with Crippen molar-refractivity contribution < 1.29 is 19.1 Å². The lowest BCUT2D eigenvalue weighted by atomic mass is 10.1. The van der Waals surface area contributed by atoms with Crippen LogP contribution in [0, 0.1) is 5.82 Å². The maximum absolute atomic E-state index is 13.6. The monoisotopic (exact) mass is 403 g/mol. The summed E-state index contributed by atoms with van der Waals surface area (Å²) in [6.45, 7) is 0.487. The van der Waals surface area contributed by atoms with Crippen LogP contribution in [-0.4, -0.2) is 26.8 Å². The smallest absolute Gasteiger partial charge is 0.335 e. The molecule has 1 amide bonds. The maximum Gasteiger partial charge on any atom is 0.335 e. The Kier molecular flexibility index (Phi) is 5.26. The van der Waals surface area contributed by atoms with E-state index in [4.69, 9.17) is 5.11 Å². The van der Waals surface area contributed by atoms with Gasteiger partial charge in [0.1, 0.15) is 11.5 Å². The number of aromatic nitrogens is 2. The summed E-state index contributed by atoms with van der Waals surface area (Å²) < 4.78 is 15.1. The molecule has 0 saturated carbocycles. The fourth-order valence-corrected chi connectivity index (χ4v) is 3.27. The minimum Gasteiger partial charge on any atom is -0.478 e. The maximum atomic E-state index is 13.6. The lowest BCUT2D eigenvalue weighted by molar-refractivity contribution is 0.0696. The molecule has 6 nitrogen and oxygen atoms in total. The molecule has 2 N–H and O–H groups in total. The first-order chi connectivity index (χ1) is 14.5.